The Morgan fingerprint density at radius 2 is 2.25 bits per heavy atom. The van der Waals surface area contributed by atoms with Gasteiger partial charge in [0.2, 0.25) is 0 Å². The topological polar surface area (TPSA) is 53.3 Å². The molecule has 0 aromatic carbocycles. The number of morpholine rings is 1. The van der Waals surface area contributed by atoms with Crippen LogP contribution in [0.3, 0.4) is 0 Å². The summed E-state index contributed by atoms with van der Waals surface area (Å²) in [5.74, 6) is 0.0617. The van der Waals surface area contributed by atoms with E-state index in [4.69, 9.17) is 10.00 Å². The predicted octanol–water partition coefficient (Wildman–Crippen LogP) is 2.38. The molecule has 0 saturated carbocycles. The van der Waals surface area contributed by atoms with Gasteiger partial charge in [-0.2, -0.15) is 5.26 Å². The van der Waals surface area contributed by atoms with E-state index in [0.29, 0.717) is 19.7 Å². The van der Waals surface area contributed by atoms with E-state index in [0.717, 1.165) is 17.7 Å². The van der Waals surface area contributed by atoms with Crippen molar-refractivity contribution in [2.24, 2.45) is 0 Å². The molecule has 1 unspecified atom stereocenters. The van der Waals surface area contributed by atoms with Crippen molar-refractivity contribution < 1.29 is 9.53 Å². The SMILES string of the molecule is N#CC1CN(C(=O)c2cc3c(s2)CCCCC3)CCO1. The second kappa shape index (κ2) is 5.94. The van der Waals surface area contributed by atoms with Crippen LogP contribution in [0.1, 0.15) is 39.4 Å². The molecule has 4 nitrogen and oxygen atoms in total. The smallest absolute Gasteiger partial charge is 0.264 e. The highest BCUT2D eigenvalue weighted by Gasteiger charge is 2.26. The van der Waals surface area contributed by atoms with Crippen LogP contribution < -0.4 is 0 Å². The number of carbonyl (C=O) groups is 1. The van der Waals surface area contributed by atoms with Crippen molar-refractivity contribution in [1.29, 1.82) is 5.26 Å². The summed E-state index contributed by atoms with van der Waals surface area (Å²) in [6, 6.07) is 4.16. The summed E-state index contributed by atoms with van der Waals surface area (Å²) < 4.78 is 5.29. The third kappa shape index (κ3) is 2.72. The normalized spacial score (nSPS) is 22.8. The Bertz CT molecular complexity index is 523. The number of aryl methyl sites for hydroxylation is 2. The molecule has 3 rings (SSSR count). The van der Waals surface area contributed by atoms with Gasteiger partial charge in [0.1, 0.15) is 0 Å². The fourth-order valence-electron chi connectivity index (χ4n) is 2.84. The highest BCUT2D eigenvalue weighted by Crippen LogP contribution is 2.30. The summed E-state index contributed by atoms with van der Waals surface area (Å²) in [4.78, 5) is 16.5. The summed E-state index contributed by atoms with van der Waals surface area (Å²) in [7, 11) is 0. The number of hydrogen-bond donors (Lipinski definition) is 0. The lowest BCUT2D eigenvalue weighted by Gasteiger charge is -2.29. The van der Waals surface area contributed by atoms with Crippen LogP contribution in [0.2, 0.25) is 0 Å². The molecule has 1 aliphatic carbocycles. The van der Waals surface area contributed by atoms with Crippen LogP contribution in [-0.2, 0) is 17.6 Å². The molecule has 2 heterocycles. The van der Waals surface area contributed by atoms with E-state index in [1.807, 2.05) is 0 Å². The second-order valence-electron chi connectivity index (χ2n) is 5.36. The molecule has 1 saturated heterocycles. The van der Waals surface area contributed by atoms with E-state index in [1.54, 1.807) is 16.2 Å². The molecule has 0 spiro atoms. The Hall–Kier alpha value is -1.38. The third-order valence-electron chi connectivity index (χ3n) is 3.96. The maximum atomic E-state index is 12.5. The fraction of sp³-hybridized carbons (Fsp3) is 0.600. The number of ether oxygens (including phenoxy) is 1. The first-order chi connectivity index (χ1) is 9.78. The summed E-state index contributed by atoms with van der Waals surface area (Å²) in [5.41, 5.74) is 1.36. The number of thiophene rings is 1. The van der Waals surface area contributed by atoms with Crippen LogP contribution in [0.4, 0.5) is 0 Å². The lowest BCUT2D eigenvalue weighted by molar-refractivity contribution is 0.00369. The second-order valence-corrected chi connectivity index (χ2v) is 6.50. The van der Waals surface area contributed by atoms with Crippen molar-refractivity contribution in [3.05, 3.63) is 21.4 Å². The van der Waals surface area contributed by atoms with E-state index in [-0.39, 0.29) is 5.91 Å². The minimum absolute atomic E-state index is 0.0617. The highest BCUT2D eigenvalue weighted by atomic mass is 32.1. The number of fused-ring (bicyclic) bond motifs is 1. The zero-order chi connectivity index (χ0) is 13.9. The first kappa shape index (κ1) is 13.6. The number of nitrogens with zero attached hydrogens (tertiary/aromatic N) is 2. The van der Waals surface area contributed by atoms with E-state index in [9.17, 15) is 4.79 Å². The van der Waals surface area contributed by atoms with E-state index in [2.05, 4.69) is 12.1 Å². The van der Waals surface area contributed by atoms with Gasteiger partial charge in [-0.3, -0.25) is 4.79 Å². The monoisotopic (exact) mass is 290 g/mol. The zero-order valence-electron chi connectivity index (χ0n) is 11.4. The number of amides is 1. The average Bonchev–Trinajstić information content (AvgIpc) is 2.77. The van der Waals surface area contributed by atoms with Gasteiger partial charge in [0.25, 0.3) is 5.91 Å². The zero-order valence-corrected chi connectivity index (χ0v) is 12.2. The van der Waals surface area contributed by atoms with E-state index >= 15 is 0 Å². The molecule has 5 heteroatoms. The van der Waals surface area contributed by atoms with Gasteiger partial charge in [-0.05, 0) is 37.3 Å². The summed E-state index contributed by atoms with van der Waals surface area (Å²) in [6.45, 7) is 1.42. The van der Waals surface area contributed by atoms with Gasteiger partial charge < -0.3 is 9.64 Å². The molecule has 1 aliphatic heterocycles. The quantitative estimate of drug-likeness (QED) is 0.746. The van der Waals surface area contributed by atoms with Gasteiger partial charge >= 0.3 is 0 Å². The standard InChI is InChI=1S/C15H18N2O2S/c16-9-12-10-17(6-7-19-12)15(18)14-8-11-4-2-1-3-5-13(11)20-14/h8,12H,1-7,10H2. The summed E-state index contributed by atoms with van der Waals surface area (Å²) >= 11 is 1.64. The maximum absolute atomic E-state index is 12.5. The van der Waals surface area contributed by atoms with Crippen molar-refractivity contribution in [3.8, 4) is 6.07 Å². The molecule has 1 fully saturated rings. The minimum Gasteiger partial charge on any atom is -0.360 e. The number of hydrogen-bond acceptors (Lipinski definition) is 4. The Kier molecular flexibility index (Phi) is 4.04. The summed E-state index contributed by atoms with van der Waals surface area (Å²) in [6.07, 6.45) is 5.48. The predicted molar refractivity (Wildman–Crippen MR) is 76.8 cm³/mol. The molecule has 1 aromatic rings. The van der Waals surface area contributed by atoms with E-state index < -0.39 is 6.10 Å². The first-order valence-corrected chi connectivity index (χ1v) is 8.01. The van der Waals surface area contributed by atoms with Crippen molar-refractivity contribution in [2.45, 2.75) is 38.2 Å². The minimum atomic E-state index is -0.481. The molecule has 2 aliphatic rings. The van der Waals surface area contributed by atoms with Gasteiger partial charge in [0, 0.05) is 11.4 Å². The van der Waals surface area contributed by atoms with E-state index in [1.165, 1.54) is 29.7 Å². The van der Waals surface area contributed by atoms with Crippen LogP contribution in [0.5, 0.6) is 0 Å². The Morgan fingerprint density at radius 1 is 1.40 bits per heavy atom. The molecular weight excluding hydrogens is 272 g/mol. The molecular formula is C15H18N2O2S. The molecule has 0 bridgehead atoms. The Balaban J connectivity index is 1.75. The molecule has 106 valence electrons. The molecule has 1 amide bonds. The number of nitriles is 1. The van der Waals surface area contributed by atoms with Gasteiger partial charge in [0.15, 0.2) is 6.10 Å². The third-order valence-corrected chi connectivity index (χ3v) is 5.18. The van der Waals surface area contributed by atoms with Gasteiger partial charge in [-0.1, -0.05) is 6.42 Å². The van der Waals surface area contributed by atoms with Crippen molar-refractivity contribution in [3.63, 3.8) is 0 Å². The number of rotatable bonds is 1. The maximum Gasteiger partial charge on any atom is 0.264 e. The Labute approximate surface area is 123 Å². The summed E-state index contributed by atoms with van der Waals surface area (Å²) in [5, 5.41) is 8.91. The van der Waals surface area contributed by atoms with Crippen LogP contribution in [0, 0.1) is 11.3 Å². The van der Waals surface area contributed by atoms with Crippen LogP contribution >= 0.6 is 11.3 Å². The van der Waals surface area contributed by atoms with Crippen molar-refractivity contribution in [2.75, 3.05) is 19.7 Å². The Morgan fingerprint density at radius 3 is 3.10 bits per heavy atom. The van der Waals surface area contributed by atoms with Gasteiger partial charge in [-0.25, -0.2) is 0 Å². The first-order valence-electron chi connectivity index (χ1n) is 7.20. The van der Waals surface area contributed by atoms with Gasteiger partial charge in [-0.15, -0.1) is 11.3 Å². The van der Waals surface area contributed by atoms with Crippen LogP contribution in [0.15, 0.2) is 6.07 Å². The molecule has 0 N–H and O–H groups in total. The highest BCUT2D eigenvalue weighted by molar-refractivity contribution is 7.14. The molecule has 20 heavy (non-hydrogen) atoms. The molecule has 1 atom stereocenters. The van der Waals surface area contributed by atoms with Gasteiger partial charge in [0.05, 0.1) is 24.1 Å². The van der Waals surface area contributed by atoms with Crippen molar-refractivity contribution in [1.82, 2.24) is 4.90 Å². The largest absolute Gasteiger partial charge is 0.360 e. The van der Waals surface area contributed by atoms with Crippen molar-refractivity contribution >= 4 is 17.2 Å². The van der Waals surface area contributed by atoms with Crippen LogP contribution in [-0.4, -0.2) is 36.6 Å². The molecule has 1 aromatic heterocycles. The average molecular weight is 290 g/mol. The number of carbonyl (C=O) groups excluding carboxylic acids is 1. The van der Waals surface area contributed by atoms with Crippen LogP contribution in [0.25, 0.3) is 0 Å². The molecule has 0 radical (unpaired) electrons. The lowest BCUT2D eigenvalue weighted by atomic mass is 10.1. The lowest BCUT2D eigenvalue weighted by Crippen LogP contribution is -2.44. The fourth-order valence-corrected chi connectivity index (χ4v) is 4.06.